The molecule has 0 atom stereocenters. The highest BCUT2D eigenvalue weighted by atomic mass is 32.1. The zero-order valence-electron chi connectivity index (χ0n) is 12.5. The summed E-state index contributed by atoms with van der Waals surface area (Å²) in [5.41, 5.74) is 3.62. The molecule has 6 heteroatoms. The van der Waals surface area contributed by atoms with Crippen LogP contribution in [0.5, 0.6) is 0 Å². The molecule has 2 aromatic heterocycles. The first-order valence-electron chi connectivity index (χ1n) is 6.80. The second-order valence-corrected chi connectivity index (χ2v) is 6.33. The lowest BCUT2D eigenvalue weighted by Crippen LogP contribution is -2.11. The SMILES string of the molecule is Cc1ccc(-c2nnco2)cc1NC(=O)c1cc(C)c(C)s1. The van der Waals surface area contributed by atoms with E-state index in [4.69, 9.17) is 4.42 Å². The molecule has 0 bridgehead atoms. The molecule has 5 nitrogen and oxygen atoms in total. The van der Waals surface area contributed by atoms with Crippen LogP contribution in [0.3, 0.4) is 0 Å². The predicted molar refractivity (Wildman–Crippen MR) is 86.2 cm³/mol. The summed E-state index contributed by atoms with van der Waals surface area (Å²) < 4.78 is 5.19. The van der Waals surface area contributed by atoms with Crippen LogP contribution in [0.15, 0.2) is 35.1 Å². The van der Waals surface area contributed by atoms with Crippen LogP contribution in [0.25, 0.3) is 11.5 Å². The molecule has 22 heavy (non-hydrogen) atoms. The van der Waals surface area contributed by atoms with Crippen molar-refractivity contribution in [1.82, 2.24) is 10.2 Å². The summed E-state index contributed by atoms with van der Waals surface area (Å²) in [6.07, 6.45) is 1.28. The Balaban J connectivity index is 1.88. The number of anilines is 1. The second-order valence-electron chi connectivity index (χ2n) is 5.08. The Morgan fingerprint density at radius 3 is 2.64 bits per heavy atom. The minimum Gasteiger partial charge on any atom is -0.423 e. The number of hydrogen-bond donors (Lipinski definition) is 1. The van der Waals surface area contributed by atoms with Gasteiger partial charge in [-0.15, -0.1) is 21.5 Å². The second kappa shape index (κ2) is 5.73. The Bertz CT molecular complexity index is 803. The lowest BCUT2D eigenvalue weighted by Gasteiger charge is -2.08. The zero-order chi connectivity index (χ0) is 15.7. The van der Waals surface area contributed by atoms with E-state index < -0.39 is 0 Å². The number of thiophene rings is 1. The zero-order valence-corrected chi connectivity index (χ0v) is 13.3. The van der Waals surface area contributed by atoms with Crippen molar-refractivity contribution >= 4 is 22.9 Å². The molecule has 0 fully saturated rings. The van der Waals surface area contributed by atoms with Crippen LogP contribution in [-0.4, -0.2) is 16.1 Å². The van der Waals surface area contributed by atoms with E-state index in [0.717, 1.165) is 27.3 Å². The molecule has 1 N–H and O–H groups in total. The summed E-state index contributed by atoms with van der Waals surface area (Å²) in [6.45, 7) is 5.96. The van der Waals surface area contributed by atoms with Gasteiger partial charge < -0.3 is 9.73 Å². The Hall–Kier alpha value is -2.47. The fraction of sp³-hybridized carbons (Fsp3) is 0.188. The maximum atomic E-state index is 12.4. The van der Waals surface area contributed by atoms with Gasteiger partial charge in [0.1, 0.15) is 0 Å². The molecule has 1 amide bonds. The van der Waals surface area contributed by atoms with E-state index >= 15 is 0 Å². The van der Waals surface area contributed by atoms with E-state index in [1.165, 1.54) is 17.7 Å². The van der Waals surface area contributed by atoms with E-state index in [1.807, 2.05) is 45.0 Å². The maximum Gasteiger partial charge on any atom is 0.265 e. The molecular weight excluding hydrogens is 298 g/mol. The average molecular weight is 313 g/mol. The van der Waals surface area contributed by atoms with Gasteiger partial charge in [0.2, 0.25) is 12.3 Å². The number of amides is 1. The number of nitrogens with one attached hydrogen (secondary N) is 1. The molecule has 0 aliphatic heterocycles. The van der Waals surface area contributed by atoms with Crippen molar-refractivity contribution in [2.45, 2.75) is 20.8 Å². The normalized spacial score (nSPS) is 10.7. The van der Waals surface area contributed by atoms with Gasteiger partial charge in [-0.25, -0.2) is 0 Å². The molecule has 0 saturated heterocycles. The van der Waals surface area contributed by atoms with Gasteiger partial charge in [0.15, 0.2) is 0 Å². The Morgan fingerprint density at radius 2 is 2.00 bits per heavy atom. The summed E-state index contributed by atoms with van der Waals surface area (Å²) >= 11 is 1.50. The van der Waals surface area contributed by atoms with Crippen LogP contribution in [-0.2, 0) is 0 Å². The topological polar surface area (TPSA) is 68.0 Å². The van der Waals surface area contributed by atoms with Gasteiger partial charge in [0, 0.05) is 16.1 Å². The maximum absolute atomic E-state index is 12.4. The molecule has 0 unspecified atom stereocenters. The lowest BCUT2D eigenvalue weighted by atomic mass is 10.1. The van der Waals surface area contributed by atoms with Crippen molar-refractivity contribution in [3.8, 4) is 11.5 Å². The molecule has 3 aromatic rings. The van der Waals surface area contributed by atoms with E-state index in [-0.39, 0.29) is 5.91 Å². The predicted octanol–water partition coefficient (Wildman–Crippen LogP) is 3.98. The van der Waals surface area contributed by atoms with Crippen molar-refractivity contribution in [2.75, 3.05) is 5.32 Å². The molecule has 0 aliphatic carbocycles. The van der Waals surface area contributed by atoms with Crippen LogP contribution in [0.1, 0.15) is 25.7 Å². The van der Waals surface area contributed by atoms with Crippen molar-refractivity contribution in [3.05, 3.63) is 51.5 Å². The minimum absolute atomic E-state index is 0.105. The number of nitrogens with zero attached hydrogens (tertiary/aromatic N) is 2. The van der Waals surface area contributed by atoms with Gasteiger partial charge in [-0.05, 0) is 50.1 Å². The number of benzene rings is 1. The van der Waals surface area contributed by atoms with Crippen LogP contribution in [0, 0.1) is 20.8 Å². The third-order valence-electron chi connectivity index (χ3n) is 3.48. The van der Waals surface area contributed by atoms with Crippen molar-refractivity contribution in [3.63, 3.8) is 0 Å². The molecule has 3 rings (SSSR count). The van der Waals surface area contributed by atoms with Crippen molar-refractivity contribution in [1.29, 1.82) is 0 Å². The number of hydrogen-bond acceptors (Lipinski definition) is 5. The molecule has 0 aliphatic rings. The number of carbonyl (C=O) groups excluding carboxylic acids is 1. The highest BCUT2D eigenvalue weighted by Crippen LogP contribution is 2.26. The molecule has 0 radical (unpaired) electrons. The summed E-state index contributed by atoms with van der Waals surface area (Å²) in [5.74, 6) is 0.324. The smallest absolute Gasteiger partial charge is 0.265 e. The van der Waals surface area contributed by atoms with Crippen LogP contribution >= 0.6 is 11.3 Å². The first-order valence-corrected chi connectivity index (χ1v) is 7.62. The summed E-state index contributed by atoms with van der Waals surface area (Å²) in [4.78, 5) is 14.2. The van der Waals surface area contributed by atoms with Gasteiger partial charge in [0.25, 0.3) is 5.91 Å². The lowest BCUT2D eigenvalue weighted by molar-refractivity contribution is 0.103. The molecule has 2 heterocycles. The van der Waals surface area contributed by atoms with E-state index in [9.17, 15) is 4.79 Å². The average Bonchev–Trinajstić information content (AvgIpc) is 3.12. The van der Waals surface area contributed by atoms with Crippen LogP contribution < -0.4 is 5.32 Å². The molecule has 112 valence electrons. The van der Waals surface area contributed by atoms with Crippen LogP contribution in [0.2, 0.25) is 0 Å². The van der Waals surface area contributed by atoms with Gasteiger partial charge in [-0.1, -0.05) is 6.07 Å². The quantitative estimate of drug-likeness (QED) is 0.794. The van der Waals surface area contributed by atoms with Gasteiger partial charge >= 0.3 is 0 Å². The highest BCUT2D eigenvalue weighted by molar-refractivity contribution is 7.14. The minimum atomic E-state index is -0.105. The third-order valence-corrected chi connectivity index (χ3v) is 4.63. The summed E-state index contributed by atoms with van der Waals surface area (Å²) in [6, 6.07) is 7.55. The van der Waals surface area contributed by atoms with Gasteiger partial charge in [-0.3, -0.25) is 4.79 Å². The summed E-state index contributed by atoms with van der Waals surface area (Å²) in [5, 5.41) is 10.5. The number of aromatic nitrogens is 2. The third kappa shape index (κ3) is 2.78. The van der Waals surface area contributed by atoms with Crippen LogP contribution in [0.4, 0.5) is 5.69 Å². The Kier molecular flexibility index (Phi) is 3.77. The van der Waals surface area contributed by atoms with E-state index in [1.54, 1.807) is 0 Å². The number of rotatable bonds is 3. The van der Waals surface area contributed by atoms with Crippen molar-refractivity contribution in [2.24, 2.45) is 0 Å². The van der Waals surface area contributed by atoms with Gasteiger partial charge in [0.05, 0.1) is 4.88 Å². The number of carbonyl (C=O) groups is 1. The first kappa shape index (κ1) is 14.5. The Labute approximate surface area is 132 Å². The molecule has 0 spiro atoms. The number of aryl methyl sites for hydroxylation is 3. The van der Waals surface area contributed by atoms with E-state index in [2.05, 4.69) is 15.5 Å². The molecule has 1 aromatic carbocycles. The fourth-order valence-electron chi connectivity index (χ4n) is 2.06. The summed E-state index contributed by atoms with van der Waals surface area (Å²) in [7, 11) is 0. The highest BCUT2D eigenvalue weighted by Gasteiger charge is 2.13. The van der Waals surface area contributed by atoms with E-state index in [0.29, 0.717) is 10.8 Å². The fourth-order valence-corrected chi connectivity index (χ4v) is 2.99. The largest absolute Gasteiger partial charge is 0.423 e. The Morgan fingerprint density at radius 1 is 1.18 bits per heavy atom. The molecule has 0 saturated carbocycles. The van der Waals surface area contributed by atoms with Gasteiger partial charge in [-0.2, -0.15) is 0 Å². The van der Waals surface area contributed by atoms with Crippen molar-refractivity contribution < 1.29 is 9.21 Å². The standard InChI is InChI=1S/C16H15N3O2S/c1-9-4-5-12(16-19-17-8-21-16)7-13(9)18-15(20)14-6-10(2)11(3)22-14/h4-8H,1-3H3,(H,18,20). The first-order chi connectivity index (χ1) is 10.5. The molecular formula is C16H15N3O2S. The monoisotopic (exact) mass is 313 g/mol.